The third-order valence-electron chi connectivity index (χ3n) is 12.2. The average Bonchev–Trinajstić information content (AvgIpc) is 3.07. The summed E-state index contributed by atoms with van der Waals surface area (Å²) >= 11 is 1.44. The van der Waals surface area contributed by atoms with Gasteiger partial charge >= 0.3 is 12.1 Å². The highest BCUT2D eigenvalue weighted by atomic mass is 32.2. The third kappa shape index (κ3) is 6.20. The Bertz CT molecular complexity index is 1470. The summed E-state index contributed by atoms with van der Waals surface area (Å²) in [5, 5.41) is 51.1. The third-order valence-corrected chi connectivity index (χ3v) is 12.6. The van der Waals surface area contributed by atoms with E-state index in [-0.39, 0.29) is 37.6 Å². The Labute approximate surface area is 298 Å². The van der Waals surface area contributed by atoms with E-state index in [1.165, 1.54) is 11.8 Å². The molecule has 13 heteroatoms. The number of amides is 1. The fourth-order valence-electron chi connectivity index (χ4n) is 9.31. The van der Waals surface area contributed by atoms with Crippen LogP contribution in [0.3, 0.4) is 0 Å². The number of rotatable bonds is 11. The SMILES string of the molecule is CCCCOC(=O)NC(c1ccccc1)C(O)C(=O)OC1CC2(O)C(C)C3C4(O)COC4CC(OCSC)[C@@]3(C)C(=O)C(O)C(=C1C)C2(C)C. The molecule has 1 amide bonds. The number of carbonyl (C=O) groups is 3. The second kappa shape index (κ2) is 14.5. The minimum Gasteiger partial charge on any atom is -0.456 e. The number of ether oxygens (including phenoxy) is 4. The summed E-state index contributed by atoms with van der Waals surface area (Å²) in [4.78, 5) is 41.1. The zero-order chi connectivity index (χ0) is 36.8. The molecule has 278 valence electrons. The number of fused-ring (bicyclic) bond motifs is 5. The summed E-state index contributed by atoms with van der Waals surface area (Å²) < 4.78 is 23.2. The van der Waals surface area contributed by atoms with Crippen molar-refractivity contribution in [2.24, 2.45) is 22.7 Å². The Morgan fingerprint density at radius 3 is 2.44 bits per heavy atom. The van der Waals surface area contributed by atoms with Crippen LogP contribution in [0.25, 0.3) is 0 Å². The minimum absolute atomic E-state index is 0.0432. The van der Waals surface area contributed by atoms with Crippen LogP contribution in [0.2, 0.25) is 0 Å². The van der Waals surface area contributed by atoms with Gasteiger partial charge in [0.25, 0.3) is 0 Å². The average molecular weight is 720 g/mol. The molecule has 1 aliphatic heterocycles. The number of Topliss-reactive ketones (excluding diaryl/α,β-unsaturated/α-hetero) is 1. The smallest absolute Gasteiger partial charge is 0.407 e. The van der Waals surface area contributed by atoms with Gasteiger partial charge < -0.3 is 44.7 Å². The van der Waals surface area contributed by atoms with Gasteiger partial charge in [0, 0.05) is 24.2 Å². The summed E-state index contributed by atoms with van der Waals surface area (Å²) in [5.41, 5.74) is -4.81. The van der Waals surface area contributed by atoms with Gasteiger partial charge in [0.1, 0.15) is 17.8 Å². The van der Waals surface area contributed by atoms with Gasteiger partial charge in [-0.1, -0.05) is 64.4 Å². The number of thioether (sulfide) groups is 1. The van der Waals surface area contributed by atoms with E-state index in [9.17, 15) is 34.8 Å². The Kier molecular flexibility index (Phi) is 11.2. The number of esters is 1. The number of unbranched alkanes of at least 4 members (excludes halogenated alkanes) is 1. The van der Waals surface area contributed by atoms with Gasteiger partial charge in [-0.05, 0) is 49.2 Å². The van der Waals surface area contributed by atoms with Crippen molar-refractivity contribution >= 4 is 29.6 Å². The molecule has 50 heavy (non-hydrogen) atoms. The van der Waals surface area contributed by atoms with Crippen LogP contribution in [0.4, 0.5) is 4.79 Å². The van der Waals surface area contributed by atoms with E-state index in [4.69, 9.17) is 18.9 Å². The van der Waals surface area contributed by atoms with Crippen LogP contribution in [0.5, 0.6) is 0 Å². The summed E-state index contributed by atoms with van der Waals surface area (Å²) in [5.74, 6) is -3.04. The van der Waals surface area contributed by atoms with Crippen molar-refractivity contribution in [1.82, 2.24) is 5.32 Å². The fraction of sp³-hybridized carbons (Fsp3) is 0.703. The first-order chi connectivity index (χ1) is 23.5. The highest BCUT2D eigenvalue weighted by Gasteiger charge is 2.74. The normalized spacial score (nSPS) is 37.2. The lowest BCUT2D eigenvalue weighted by Gasteiger charge is -2.67. The first-order valence-electron chi connectivity index (χ1n) is 17.5. The standard InChI is InChI=1S/C37H53NO11S/c1-8-9-15-46-33(43)38-27(22-13-11-10-12-14-22)29(40)32(42)49-23-17-37(45)21(3)30-35(6,31(41)28(39)26(20(23)2)34(37,4)5)24(48-19-50-7)16-25-36(30,44)18-47-25/h10-14,21,23-25,27-30,39-40,44-45H,8-9,15-19H2,1-7H3,(H,38,43)/t21?,23?,24?,25?,27?,28?,29?,30?,35-,36?,37?/m1/s1. The topological polar surface area (TPSA) is 181 Å². The van der Waals surface area contributed by atoms with E-state index >= 15 is 0 Å². The molecule has 3 aliphatic carbocycles. The van der Waals surface area contributed by atoms with E-state index < -0.39 is 88.3 Å². The Hall–Kier alpha value is -2.52. The van der Waals surface area contributed by atoms with Crippen molar-refractivity contribution in [3.8, 4) is 0 Å². The van der Waals surface area contributed by atoms with E-state index in [0.29, 0.717) is 17.6 Å². The molecule has 2 bridgehead atoms. The largest absolute Gasteiger partial charge is 0.456 e. The van der Waals surface area contributed by atoms with Crippen LogP contribution in [-0.2, 0) is 28.5 Å². The Balaban J connectivity index is 1.52. The van der Waals surface area contributed by atoms with Gasteiger partial charge in [-0.3, -0.25) is 4.79 Å². The fourth-order valence-corrected chi connectivity index (χ4v) is 9.61. The number of alkyl carbamates (subject to hydrolysis) is 1. The predicted molar refractivity (Wildman–Crippen MR) is 185 cm³/mol. The van der Waals surface area contributed by atoms with Gasteiger partial charge in [0.05, 0.1) is 48.4 Å². The van der Waals surface area contributed by atoms with Crippen LogP contribution < -0.4 is 5.32 Å². The molecule has 0 spiro atoms. The molecule has 1 heterocycles. The highest BCUT2D eigenvalue weighted by Crippen LogP contribution is 2.64. The summed E-state index contributed by atoms with van der Waals surface area (Å²) in [6.45, 7) is 10.7. The van der Waals surface area contributed by atoms with E-state index in [2.05, 4.69) is 5.32 Å². The van der Waals surface area contributed by atoms with Crippen LogP contribution >= 0.6 is 11.8 Å². The van der Waals surface area contributed by atoms with E-state index in [1.807, 2.05) is 13.2 Å². The van der Waals surface area contributed by atoms with Gasteiger partial charge in [0.2, 0.25) is 0 Å². The lowest BCUT2D eigenvalue weighted by molar-refractivity contribution is -0.338. The number of benzene rings is 1. The molecule has 0 radical (unpaired) electrons. The summed E-state index contributed by atoms with van der Waals surface area (Å²) in [6.07, 6.45) is -3.49. The number of hydrogen-bond donors (Lipinski definition) is 5. The zero-order valence-corrected chi connectivity index (χ0v) is 30.8. The molecule has 5 N–H and O–H groups in total. The summed E-state index contributed by atoms with van der Waals surface area (Å²) in [7, 11) is 0. The molecule has 4 aliphatic rings. The van der Waals surface area contributed by atoms with Crippen LogP contribution in [-0.4, -0.2) is 105 Å². The quantitative estimate of drug-likeness (QED) is 0.0975. The molecule has 1 saturated heterocycles. The van der Waals surface area contributed by atoms with Gasteiger partial charge in [0.15, 0.2) is 11.9 Å². The van der Waals surface area contributed by atoms with Gasteiger partial charge in [-0.25, -0.2) is 9.59 Å². The molecule has 0 aromatic heterocycles. The predicted octanol–water partition coefficient (Wildman–Crippen LogP) is 3.45. The van der Waals surface area contributed by atoms with E-state index in [0.717, 1.165) is 6.42 Å². The zero-order valence-electron chi connectivity index (χ0n) is 30.0. The molecule has 1 aromatic rings. The molecule has 12 nitrogen and oxygen atoms in total. The number of aliphatic hydroxyl groups excluding tert-OH is 2. The van der Waals surface area contributed by atoms with Gasteiger partial charge in [-0.2, -0.15) is 0 Å². The molecular formula is C37H53NO11S. The number of carbonyl (C=O) groups excluding carboxylic acids is 3. The lowest BCUT2D eigenvalue weighted by atomic mass is 9.43. The molecule has 2 saturated carbocycles. The molecular weight excluding hydrogens is 666 g/mol. The van der Waals surface area contributed by atoms with Crippen molar-refractivity contribution in [3.05, 3.63) is 47.0 Å². The van der Waals surface area contributed by atoms with Crippen molar-refractivity contribution in [2.75, 3.05) is 25.4 Å². The van der Waals surface area contributed by atoms with Crippen LogP contribution in [0.1, 0.15) is 78.8 Å². The maximum Gasteiger partial charge on any atom is 0.407 e. The molecule has 11 atom stereocenters. The van der Waals surface area contributed by atoms with Crippen molar-refractivity contribution < 1.29 is 53.8 Å². The Morgan fingerprint density at radius 1 is 1.16 bits per heavy atom. The maximum absolute atomic E-state index is 14.7. The first-order valence-corrected chi connectivity index (χ1v) is 18.9. The minimum atomic E-state index is -1.88. The van der Waals surface area contributed by atoms with Crippen molar-refractivity contribution in [2.45, 2.75) is 115 Å². The van der Waals surface area contributed by atoms with Crippen LogP contribution in [0, 0.1) is 22.7 Å². The second-order valence-corrected chi connectivity index (χ2v) is 16.0. The number of nitrogens with one attached hydrogen (secondary N) is 1. The highest BCUT2D eigenvalue weighted by molar-refractivity contribution is 7.98. The second-order valence-electron chi connectivity index (χ2n) is 15.1. The number of ketones is 1. The molecule has 10 unspecified atom stereocenters. The van der Waals surface area contributed by atoms with Gasteiger partial charge in [-0.15, -0.1) is 11.8 Å². The van der Waals surface area contributed by atoms with Crippen molar-refractivity contribution in [1.29, 1.82) is 0 Å². The molecule has 3 fully saturated rings. The summed E-state index contributed by atoms with van der Waals surface area (Å²) in [6, 6.07) is 7.23. The Morgan fingerprint density at radius 2 is 1.84 bits per heavy atom. The number of aliphatic hydroxyl groups is 4. The van der Waals surface area contributed by atoms with Crippen molar-refractivity contribution in [3.63, 3.8) is 0 Å². The van der Waals surface area contributed by atoms with Crippen LogP contribution in [0.15, 0.2) is 41.5 Å². The first kappa shape index (κ1) is 38.7. The molecule has 1 aromatic carbocycles. The monoisotopic (exact) mass is 719 g/mol. The number of hydrogen-bond acceptors (Lipinski definition) is 12. The maximum atomic E-state index is 14.7. The van der Waals surface area contributed by atoms with E-state index in [1.54, 1.807) is 65.0 Å². The lowest BCUT2D eigenvalue weighted by Crippen LogP contribution is -2.79. The molecule has 5 rings (SSSR count).